The summed E-state index contributed by atoms with van der Waals surface area (Å²) >= 11 is 0. The van der Waals surface area contributed by atoms with E-state index in [2.05, 4.69) is 9.20 Å². The van der Waals surface area contributed by atoms with E-state index >= 15 is 0 Å². The molecule has 5 heteroatoms. The fourth-order valence-electron chi connectivity index (χ4n) is 0.144. The summed E-state index contributed by atoms with van der Waals surface area (Å²) in [4.78, 5) is 0. The van der Waals surface area contributed by atoms with Gasteiger partial charge in [-0.3, -0.25) is 4.57 Å². The van der Waals surface area contributed by atoms with Crippen molar-refractivity contribution in [2.45, 2.75) is 6.92 Å². The Morgan fingerprint density at radius 2 is 2.43 bits per heavy atom. The first-order chi connectivity index (χ1) is 3.31. The van der Waals surface area contributed by atoms with Gasteiger partial charge in [-0.15, -0.1) is 0 Å². The molecule has 0 saturated heterocycles. The van der Waals surface area contributed by atoms with Crippen LogP contribution in [0.2, 0.25) is 0 Å². The summed E-state index contributed by atoms with van der Waals surface area (Å²) < 4.78 is 17.5. The molecule has 0 aromatic rings. The van der Waals surface area contributed by atoms with Gasteiger partial charge >= 0.3 is 8.25 Å². The van der Waals surface area contributed by atoms with Crippen molar-refractivity contribution in [1.29, 1.82) is 0 Å². The summed E-state index contributed by atoms with van der Waals surface area (Å²) in [5, 5.41) is 7.57. The molecule has 0 heterocycles. The largest absolute Gasteiger partial charge is 0.346 e. The number of hydrogen-bond acceptors (Lipinski definition) is 4. The van der Waals surface area contributed by atoms with E-state index in [1.54, 1.807) is 6.92 Å². The second kappa shape index (κ2) is 4.27. The molecule has 0 aromatic carbocycles. The Kier molecular flexibility index (Phi) is 4.34. The second-order valence-electron chi connectivity index (χ2n) is 0.774. The van der Waals surface area contributed by atoms with E-state index < -0.39 is 8.25 Å². The Hall–Kier alpha value is 0.110. The lowest BCUT2D eigenvalue weighted by Crippen LogP contribution is -1.77. The van der Waals surface area contributed by atoms with Crippen molar-refractivity contribution in [2.75, 3.05) is 6.61 Å². The molecule has 1 atom stereocenters. The molecule has 0 amide bonds. The van der Waals surface area contributed by atoms with Crippen molar-refractivity contribution < 1.29 is 19.0 Å². The average molecular weight is 126 g/mol. The lowest BCUT2D eigenvalue weighted by molar-refractivity contribution is -0.141. The fourth-order valence-corrected chi connectivity index (χ4v) is 0.433. The van der Waals surface area contributed by atoms with Crippen LogP contribution in [0.4, 0.5) is 0 Å². The smallest absolute Gasteiger partial charge is 0.309 e. The Morgan fingerprint density at radius 1 is 1.86 bits per heavy atom. The lowest BCUT2D eigenvalue weighted by atomic mass is 10.9. The second-order valence-corrected chi connectivity index (χ2v) is 1.75. The van der Waals surface area contributed by atoms with Crippen molar-refractivity contribution in [2.24, 2.45) is 0 Å². The van der Waals surface area contributed by atoms with Crippen LogP contribution in [0.3, 0.4) is 0 Å². The zero-order valence-corrected chi connectivity index (χ0v) is 4.88. The molecule has 0 fully saturated rings. The predicted molar refractivity (Wildman–Crippen MR) is 24.3 cm³/mol. The molecule has 1 unspecified atom stereocenters. The maximum Gasteiger partial charge on any atom is 0.346 e. The minimum absolute atomic E-state index is 0.290. The average Bonchev–Trinajstić information content (AvgIpc) is 1.68. The molecule has 0 bridgehead atoms. The molecule has 0 spiro atoms. The van der Waals surface area contributed by atoms with Crippen LogP contribution in [-0.4, -0.2) is 11.9 Å². The van der Waals surface area contributed by atoms with Gasteiger partial charge in [-0.1, -0.05) is 0 Å². The van der Waals surface area contributed by atoms with Gasteiger partial charge in [-0.25, -0.2) is 5.26 Å². The number of rotatable bonds is 3. The number of hydrogen-bond donors (Lipinski definition) is 1. The predicted octanol–water partition coefficient (Wildman–Crippen LogP) is 0.902. The van der Waals surface area contributed by atoms with E-state index in [4.69, 9.17) is 5.26 Å². The Balaban J connectivity index is 3.00. The van der Waals surface area contributed by atoms with Gasteiger partial charge in [-0.2, -0.15) is 4.67 Å². The summed E-state index contributed by atoms with van der Waals surface area (Å²) in [5.41, 5.74) is 0. The van der Waals surface area contributed by atoms with Crippen LogP contribution in [0.5, 0.6) is 0 Å². The van der Waals surface area contributed by atoms with E-state index in [0.29, 0.717) is 6.61 Å². The van der Waals surface area contributed by atoms with Gasteiger partial charge in [-0.05, 0) is 6.92 Å². The van der Waals surface area contributed by atoms with E-state index in [1.807, 2.05) is 0 Å². The first-order valence-corrected chi connectivity index (χ1v) is 3.02. The van der Waals surface area contributed by atoms with Crippen molar-refractivity contribution in [1.82, 2.24) is 0 Å². The molecule has 0 radical (unpaired) electrons. The fraction of sp³-hybridized carbons (Fsp3) is 1.00. The summed E-state index contributed by atoms with van der Waals surface area (Å²) in [5.74, 6) is 0. The summed E-state index contributed by atoms with van der Waals surface area (Å²) in [7, 11) is -2.57. The van der Waals surface area contributed by atoms with Crippen LogP contribution >= 0.6 is 8.25 Å². The van der Waals surface area contributed by atoms with Crippen molar-refractivity contribution >= 4 is 8.25 Å². The monoisotopic (exact) mass is 126 g/mol. The van der Waals surface area contributed by atoms with Gasteiger partial charge in [0.2, 0.25) is 0 Å². The maximum atomic E-state index is 9.90. The van der Waals surface area contributed by atoms with E-state index in [-0.39, 0.29) is 0 Å². The van der Waals surface area contributed by atoms with Gasteiger partial charge in [0, 0.05) is 0 Å². The minimum atomic E-state index is -2.57. The highest BCUT2D eigenvalue weighted by molar-refractivity contribution is 7.33. The molecule has 0 saturated carbocycles. The lowest BCUT2D eigenvalue weighted by Gasteiger charge is -1.91. The molecule has 4 nitrogen and oxygen atoms in total. The zero-order chi connectivity index (χ0) is 5.70. The molecule has 0 aromatic heterocycles. The third-order valence-corrected chi connectivity index (χ3v) is 1.01. The summed E-state index contributed by atoms with van der Waals surface area (Å²) in [6.07, 6.45) is 0. The van der Waals surface area contributed by atoms with Crippen LogP contribution in [-0.2, 0) is 13.8 Å². The molecule has 0 aliphatic carbocycles. The molecule has 0 aliphatic heterocycles. The van der Waals surface area contributed by atoms with Crippen LogP contribution in [0.25, 0.3) is 0 Å². The van der Waals surface area contributed by atoms with Crippen LogP contribution in [0, 0.1) is 0 Å². The van der Waals surface area contributed by atoms with Gasteiger partial charge in [0.1, 0.15) is 0 Å². The molecule has 0 rings (SSSR count). The van der Waals surface area contributed by atoms with Crippen molar-refractivity contribution in [3.8, 4) is 0 Å². The normalized spacial score (nSPS) is 14.0. The topological polar surface area (TPSA) is 55.8 Å². The SMILES string of the molecule is CCO[PH](=O)OO. The summed E-state index contributed by atoms with van der Waals surface area (Å²) in [6, 6.07) is 0. The highest BCUT2D eigenvalue weighted by atomic mass is 31.1. The van der Waals surface area contributed by atoms with Gasteiger partial charge in [0.25, 0.3) is 0 Å². The standard InChI is InChI=1S/C2H7O4P/c1-2-5-7(4)6-3/h3,7H,2H2,1H3. The van der Waals surface area contributed by atoms with Gasteiger partial charge in [0.05, 0.1) is 6.61 Å². The van der Waals surface area contributed by atoms with E-state index in [0.717, 1.165) is 0 Å². The van der Waals surface area contributed by atoms with E-state index in [1.165, 1.54) is 0 Å². The Morgan fingerprint density at radius 3 is 2.57 bits per heavy atom. The first-order valence-electron chi connectivity index (χ1n) is 1.79. The highest BCUT2D eigenvalue weighted by Crippen LogP contribution is 2.19. The maximum absolute atomic E-state index is 9.90. The highest BCUT2D eigenvalue weighted by Gasteiger charge is 1.90. The van der Waals surface area contributed by atoms with Crippen molar-refractivity contribution in [3.63, 3.8) is 0 Å². The quantitative estimate of drug-likeness (QED) is 0.346. The first kappa shape index (κ1) is 7.11. The molecular formula is C2H7O4P. The van der Waals surface area contributed by atoms with Crippen LogP contribution < -0.4 is 0 Å². The molecule has 7 heavy (non-hydrogen) atoms. The Bertz CT molecular complexity index is 62.7. The molecule has 0 aliphatic rings. The van der Waals surface area contributed by atoms with E-state index in [9.17, 15) is 4.57 Å². The van der Waals surface area contributed by atoms with Crippen molar-refractivity contribution in [3.05, 3.63) is 0 Å². The zero-order valence-electron chi connectivity index (χ0n) is 3.88. The summed E-state index contributed by atoms with van der Waals surface area (Å²) in [6.45, 7) is 1.94. The van der Waals surface area contributed by atoms with Crippen LogP contribution in [0.1, 0.15) is 6.92 Å². The third kappa shape index (κ3) is 3.95. The van der Waals surface area contributed by atoms with Gasteiger partial charge in [0.15, 0.2) is 0 Å². The Labute approximate surface area is 41.9 Å². The minimum Gasteiger partial charge on any atom is -0.309 e. The molecule has 44 valence electrons. The molecule has 1 N–H and O–H groups in total. The van der Waals surface area contributed by atoms with Gasteiger partial charge < -0.3 is 4.52 Å². The molecular weight excluding hydrogens is 119 g/mol. The third-order valence-electron chi connectivity index (χ3n) is 0.337. The van der Waals surface area contributed by atoms with Crippen LogP contribution in [0.15, 0.2) is 0 Å².